The molecule has 1 heterocycles. The van der Waals surface area contributed by atoms with E-state index in [9.17, 15) is 13.2 Å². The molecule has 2 rings (SSSR count). The number of nitrogen functional groups attached to an aromatic ring is 1. The first-order valence-corrected chi connectivity index (χ1v) is 6.18. The third-order valence-corrected chi connectivity index (χ3v) is 3.06. The first-order chi connectivity index (χ1) is 9.38. The van der Waals surface area contributed by atoms with Crippen molar-refractivity contribution in [3.63, 3.8) is 0 Å². The third kappa shape index (κ3) is 3.41. The standard InChI is InChI=1S/C13H15F3N2O2/c14-13(15,16)8-1-2-11(10(7-8)12(17)18)20-9-3-5-19-6-4-9/h1-2,7,9H,3-6H2,(H3,17,18). The summed E-state index contributed by atoms with van der Waals surface area (Å²) in [5.41, 5.74) is 4.46. The van der Waals surface area contributed by atoms with Gasteiger partial charge in [-0.1, -0.05) is 0 Å². The number of nitrogens with one attached hydrogen (secondary N) is 1. The topological polar surface area (TPSA) is 68.3 Å². The molecule has 0 aromatic heterocycles. The fourth-order valence-corrected chi connectivity index (χ4v) is 1.99. The Morgan fingerprint density at radius 2 is 1.95 bits per heavy atom. The van der Waals surface area contributed by atoms with Crippen LogP contribution in [0.5, 0.6) is 5.75 Å². The first-order valence-electron chi connectivity index (χ1n) is 6.18. The van der Waals surface area contributed by atoms with Gasteiger partial charge in [0.05, 0.1) is 24.3 Å². The molecule has 110 valence electrons. The monoisotopic (exact) mass is 288 g/mol. The molecule has 1 saturated heterocycles. The lowest BCUT2D eigenvalue weighted by molar-refractivity contribution is -0.137. The Morgan fingerprint density at radius 3 is 2.50 bits per heavy atom. The molecule has 4 nitrogen and oxygen atoms in total. The average molecular weight is 288 g/mol. The Morgan fingerprint density at radius 1 is 1.30 bits per heavy atom. The van der Waals surface area contributed by atoms with Crippen molar-refractivity contribution >= 4 is 5.84 Å². The van der Waals surface area contributed by atoms with E-state index in [4.69, 9.17) is 20.6 Å². The van der Waals surface area contributed by atoms with Crippen molar-refractivity contribution in [2.24, 2.45) is 5.73 Å². The summed E-state index contributed by atoms with van der Waals surface area (Å²) in [6.07, 6.45) is -3.27. The zero-order chi connectivity index (χ0) is 14.8. The first kappa shape index (κ1) is 14.6. The van der Waals surface area contributed by atoms with Gasteiger partial charge in [-0.3, -0.25) is 5.41 Å². The molecule has 0 radical (unpaired) electrons. The van der Waals surface area contributed by atoms with Crippen LogP contribution < -0.4 is 10.5 Å². The number of nitrogens with two attached hydrogens (primary N) is 1. The number of halogens is 3. The molecule has 0 spiro atoms. The maximum absolute atomic E-state index is 12.7. The van der Waals surface area contributed by atoms with E-state index in [0.717, 1.165) is 12.1 Å². The second-order valence-corrected chi connectivity index (χ2v) is 4.55. The van der Waals surface area contributed by atoms with Crippen LogP contribution in [0.15, 0.2) is 18.2 Å². The molecular weight excluding hydrogens is 273 g/mol. The van der Waals surface area contributed by atoms with E-state index in [-0.39, 0.29) is 17.4 Å². The minimum Gasteiger partial charge on any atom is -0.489 e. The Hall–Kier alpha value is -1.76. The van der Waals surface area contributed by atoms with Gasteiger partial charge in [0.2, 0.25) is 0 Å². The van der Waals surface area contributed by atoms with Crippen molar-refractivity contribution in [1.29, 1.82) is 5.41 Å². The summed E-state index contributed by atoms with van der Waals surface area (Å²) in [5, 5.41) is 7.40. The molecular formula is C13H15F3N2O2. The summed E-state index contributed by atoms with van der Waals surface area (Å²) in [7, 11) is 0. The van der Waals surface area contributed by atoms with Crippen LogP contribution in [0.2, 0.25) is 0 Å². The summed E-state index contributed by atoms with van der Waals surface area (Å²) < 4.78 is 48.8. The molecule has 0 atom stereocenters. The van der Waals surface area contributed by atoms with Crippen molar-refractivity contribution in [2.45, 2.75) is 25.1 Å². The fraction of sp³-hybridized carbons (Fsp3) is 0.462. The summed E-state index contributed by atoms with van der Waals surface area (Å²) in [6, 6.07) is 2.99. The second-order valence-electron chi connectivity index (χ2n) is 4.55. The highest BCUT2D eigenvalue weighted by Crippen LogP contribution is 2.33. The maximum Gasteiger partial charge on any atom is 0.416 e. The van der Waals surface area contributed by atoms with Gasteiger partial charge in [0, 0.05) is 12.8 Å². The molecule has 0 unspecified atom stereocenters. The van der Waals surface area contributed by atoms with E-state index in [1.54, 1.807) is 0 Å². The van der Waals surface area contributed by atoms with E-state index >= 15 is 0 Å². The fourth-order valence-electron chi connectivity index (χ4n) is 1.99. The van der Waals surface area contributed by atoms with E-state index in [0.29, 0.717) is 26.1 Å². The van der Waals surface area contributed by atoms with Crippen LogP contribution in [-0.2, 0) is 10.9 Å². The summed E-state index contributed by atoms with van der Waals surface area (Å²) in [6.45, 7) is 1.11. The molecule has 20 heavy (non-hydrogen) atoms. The van der Waals surface area contributed by atoms with Crippen LogP contribution in [0.3, 0.4) is 0 Å². The zero-order valence-corrected chi connectivity index (χ0v) is 10.7. The average Bonchev–Trinajstić information content (AvgIpc) is 2.38. The van der Waals surface area contributed by atoms with Gasteiger partial charge in [-0.15, -0.1) is 0 Å². The molecule has 1 aliphatic rings. The lowest BCUT2D eigenvalue weighted by Gasteiger charge is -2.24. The van der Waals surface area contributed by atoms with Crippen molar-refractivity contribution in [3.8, 4) is 5.75 Å². The highest BCUT2D eigenvalue weighted by Gasteiger charge is 2.31. The Bertz CT molecular complexity index is 497. The van der Waals surface area contributed by atoms with Crippen LogP contribution in [0.25, 0.3) is 0 Å². The summed E-state index contributed by atoms with van der Waals surface area (Å²) in [4.78, 5) is 0. The predicted molar refractivity (Wildman–Crippen MR) is 66.9 cm³/mol. The van der Waals surface area contributed by atoms with Gasteiger partial charge in [-0.2, -0.15) is 13.2 Å². The van der Waals surface area contributed by atoms with Gasteiger partial charge >= 0.3 is 6.18 Å². The van der Waals surface area contributed by atoms with Gasteiger partial charge in [0.1, 0.15) is 17.7 Å². The van der Waals surface area contributed by atoms with Crippen LogP contribution >= 0.6 is 0 Å². The minimum atomic E-state index is -4.47. The number of benzene rings is 1. The number of hydrogen-bond acceptors (Lipinski definition) is 3. The molecule has 0 aliphatic carbocycles. The van der Waals surface area contributed by atoms with Crippen molar-refractivity contribution in [2.75, 3.05) is 13.2 Å². The molecule has 3 N–H and O–H groups in total. The molecule has 1 fully saturated rings. The molecule has 0 bridgehead atoms. The van der Waals surface area contributed by atoms with Crippen molar-refractivity contribution in [3.05, 3.63) is 29.3 Å². The highest BCUT2D eigenvalue weighted by atomic mass is 19.4. The largest absolute Gasteiger partial charge is 0.489 e. The number of alkyl halides is 3. The van der Waals surface area contributed by atoms with Crippen LogP contribution in [0.4, 0.5) is 13.2 Å². The van der Waals surface area contributed by atoms with Gasteiger partial charge < -0.3 is 15.2 Å². The van der Waals surface area contributed by atoms with Crippen LogP contribution in [0.1, 0.15) is 24.0 Å². The molecule has 7 heteroatoms. The summed E-state index contributed by atoms with van der Waals surface area (Å²) >= 11 is 0. The van der Waals surface area contributed by atoms with Gasteiger partial charge in [-0.05, 0) is 18.2 Å². The molecule has 1 aromatic rings. The highest BCUT2D eigenvalue weighted by molar-refractivity contribution is 5.97. The molecule has 0 saturated carbocycles. The molecule has 1 aromatic carbocycles. The normalized spacial score (nSPS) is 16.9. The van der Waals surface area contributed by atoms with Crippen molar-refractivity contribution < 1.29 is 22.6 Å². The zero-order valence-electron chi connectivity index (χ0n) is 10.7. The van der Waals surface area contributed by atoms with E-state index < -0.39 is 17.6 Å². The maximum atomic E-state index is 12.7. The Balaban J connectivity index is 2.25. The predicted octanol–water partition coefficient (Wildman–Crippen LogP) is 2.55. The quantitative estimate of drug-likeness (QED) is 0.663. The lowest BCUT2D eigenvalue weighted by Crippen LogP contribution is -2.27. The van der Waals surface area contributed by atoms with Crippen molar-refractivity contribution in [1.82, 2.24) is 0 Å². The number of ether oxygens (including phenoxy) is 2. The number of hydrogen-bond donors (Lipinski definition) is 2. The van der Waals surface area contributed by atoms with Gasteiger partial charge in [-0.25, -0.2) is 0 Å². The SMILES string of the molecule is N=C(N)c1cc(C(F)(F)F)ccc1OC1CCOCC1. The third-order valence-electron chi connectivity index (χ3n) is 3.06. The minimum absolute atomic E-state index is 0.0358. The van der Waals surface area contributed by atoms with Crippen LogP contribution in [0, 0.1) is 5.41 Å². The Labute approximate surface area is 114 Å². The number of rotatable bonds is 3. The van der Waals surface area contributed by atoms with Crippen LogP contribution in [-0.4, -0.2) is 25.2 Å². The Kier molecular flexibility index (Phi) is 4.17. The van der Waals surface area contributed by atoms with Gasteiger partial charge in [0.25, 0.3) is 0 Å². The molecule has 1 aliphatic heterocycles. The smallest absolute Gasteiger partial charge is 0.416 e. The van der Waals surface area contributed by atoms with E-state index in [1.807, 2.05) is 0 Å². The molecule has 0 amide bonds. The second kappa shape index (κ2) is 5.70. The lowest BCUT2D eigenvalue weighted by atomic mass is 10.1. The number of amidine groups is 1. The van der Waals surface area contributed by atoms with E-state index in [1.165, 1.54) is 6.07 Å². The van der Waals surface area contributed by atoms with Gasteiger partial charge in [0.15, 0.2) is 0 Å². The van der Waals surface area contributed by atoms with E-state index in [2.05, 4.69) is 0 Å². The summed E-state index contributed by atoms with van der Waals surface area (Å²) in [5.74, 6) is -0.240.